The fourth-order valence-electron chi connectivity index (χ4n) is 2.39. The Bertz CT molecular complexity index is 602. The number of nitrogens with zero attached hydrogens (tertiary/aromatic N) is 5. The zero-order valence-electron chi connectivity index (χ0n) is 11.5. The van der Waals surface area contributed by atoms with Gasteiger partial charge in [0.15, 0.2) is 0 Å². The number of hydrogen-bond acceptors (Lipinski definition) is 6. The van der Waals surface area contributed by atoms with E-state index in [9.17, 15) is 5.11 Å². The molecule has 0 amide bonds. The fraction of sp³-hybridized carbons (Fsp3) is 0.357. The number of piperazine rings is 1. The molecular formula is C14H16ClN5O. The van der Waals surface area contributed by atoms with Gasteiger partial charge in [-0.15, -0.1) is 0 Å². The van der Waals surface area contributed by atoms with Crippen molar-refractivity contribution in [2.75, 3.05) is 31.1 Å². The van der Waals surface area contributed by atoms with Crippen LogP contribution in [0.1, 0.15) is 5.56 Å². The standard InChI is InChI=1S/C14H16ClN5O/c15-12-11(2-5-16-13(12)21)10-19-6-8-20(9-7-19)14-17-3-1-4-18-14/h1-5H,6-10H2,(H,16,21). The Morgan fingerprint density at radius 1 is 1.05 bits per heavy atom. The van der Waals surface area contributed by atoms with Crippen LogP contribution >= 0.6 is 11.6 Å². The minimum Gasteiger partial charge on any atom is -0.492 e. The maximum Gasteiger partial charge on any atom is 0.230 e. The van der Waals surface area contributed by atoms with Gasteiger partial charge in [-0.05, 0) is 17.7 Å². The number of hydrogen-bond donors (Lipinski definition) is 1. The van der Waals surface area contributed by atoms with Gasteiger partial charge in [0.05, 0.1) is 0 Å². The molecule has 2 aromatic heterocycles. The molecule has 21 heavy (non-hydrogen) atoms. The first-order valence-electron chi connectivity index (χ1n) is 6.80. The van der Waals surface area contributed by atoms with Crippen molar-refractivity contribution in [3.05, 3.63) is 41.3 Å². The van der Waals surface area contributed by atoms with Gasteiger partial charge >= 0.3 is 0 Å². The summed E-state index contributed by atoms with van der Waals surface area (Å²) in [4.78, 5) is 16.8. The van der Waals surface area contributed by atoms with E-state index in [-0.39, 0.29) is 5.88 Å². The molecule has 6 nitrogen and oxygen atoms in total. The van der Waals surface area contributed by atoms with Gasteiger partial charge in [0.25, 0.3) is 0 Å². The molecule has 0 aliphatic carbocycles. The molecule has 0 unspecified atom stereocenters. The first-order valence-corrected chi connectivity index (χ1v) is 7.18. The summed E-state index contributed by atoms with van der Waals surface area (Å²) in [6, 6.07) is 3.66. The normalized spacial score (nSPS) is 16.1. The predicted octanol–water partition coefficient (Wildman–Crippen LogP) is 1.55. The van der Waals surface area contributed by atoms with Gasteiger partial charge in [-0.3, -0.25) is 4.90 Å². The van der Waals surface area contributed by atoms with E-state index in [2.05, 4.69) is 24.8 Å². The molecule has 0 bridgehead atoms. The summed E-state index contributed by atoms with van der Waals surface area (Å²) in [7, 11) is 0. The van der Waals surface area contributed by atoms with Crippen LogP contribution in [0.2, 0.25) is 5.02 Å². The lowest BCUT2D eigenvalue weighted by atomic mass is 10.2. The van der Waals surface area contributed by atoms with Crippen LogP contribution in [0.15, 0.2) is 30.7 Å². The monoisotopic (exact) mass is 305 g/mol. The van der Waals surface area contributed by atoms with Gasteiger partial charge in [-0.1, -0.05) is 11.6 Å². The molecule has 0 aromatic carbocycles. The Morgan fingerprint density at radius 3 is 2.48 bits per heavy atom. The molecule has 1 saturated heterocycles. The Morgan fingerprint density at radius 2 is 1.76 bits per heavy atom. The van der Waals surface area contributed by atoms with E-state index in [1.807, 2.05) is 12.1 Å². The lowest BCUT2D eigenvalue weighted by molar-refractivity contribution is 0.248. The van der Waals surface area contributed by atoms with E-state index in [1.165, 1.54) is 0 Å². The Hall–Kier alpha value is -1.92. The third-order valence-corrected chi connectivity index (χ3v) is 3.96. The molecule has 1 fully saturated rings. The third-order valence-electron chi connectivity index (χ3n) is 3.55. The molecule has 1 N–H and O–H groups in total. The van der Waals surface area contributed by atoms with E-state index < -0.39 is 0 Å². The van der Waals surface area contributed by atoms with Crippen LogP contribution in [0.5, 0.6) is 5.88 Å². The summed E-state index contributed by atoms with van der Waals surface area (Å²) < 4.78 is 0. The molecule has 3 rings (SSSR count). The number of aromatic nitrogens is 3. The summed E-state index contributed by atoms with van der Waals surface area (Å²) in [6.07, 6.45) is 5.09. The third kappa shape index (κ3) is 3.22. The van der Waals surface area contributed by atoms with Crippen LogP contribution < -0.4 is 4.90 Å². The van der Waals surface area contributed by atoms with Crippen molar-refractivity contribution < 1.29 is 5.11 Å². The van der Waals surface area contributed by atoms with Crippen LogP contribution in [-0.2, 0) is 6.54 Å². The van der Waals surface area contributed by atoms with E-state index in [1.54, 1.807) is 18.6 Å². The Kier molecular flexibility index (Phi) is 4.17. The summed E-state index contributed by atoms with van der Waals surface area (Å²) in [5, 5.41) is 9.87. The van der Waals surface area contributed by atoms with E-state index >= 15 is 0 Å². The second kappa shape index (κ2) is 6.24. The topological polar surface area (TPSA) is 65.4 Å². The molecule has 7 heteroatoms. The van der Waals surface area contributed by atoms with Gasteiger partial charge in [0.1, 0.15) is 5.02 Å². The Balaban J connectivity index is 1.60. The average Bonchev–Trinajstić information content (AvgIpc) is 2.53. The van der Waals surface area contributed by atoms with E-state index in [0.29, 0.717) is 11.6 Å². The molecular weight excluding hydrogens is 290 g/mol. The lowest BCUT2D eigenvalue weighted by Crippen LogP contribution is -2.46. The van der Waals surface area contributed by atoms with Crippen molar-refractivity contribution in [3.63, 3.8) is 0 Å². The van der Waals surface area contributed by atoms with Gasteiger partial charge < -0.3 is 10.0 Å². The fourth-order valence-corrected chi connectivity index (χ4v) is 2.57. The van der Waals surface area contributed by atoms with Crippen LogP contribution in [0.25, 0.3) is 0 Å². The zero-order valence-corrected chi connectivity index (χ0v) is 12.2. The van der Waals surface area contributed by atoms with Crippen LogP contribution in [-0.4, -0.2) is 51.1 Å². The van der Waals surface area contributed by atoms with Crippen molar-refractivity contribution in [3.8, 4) is 5.88 Å². The molecule has 1 aliphatic heterocycles. The second-order valence-electron chi connectivity index (χ2n) is 4.92. The molecule has 0 spiro atoms. The van der Waals surface area contributed by atoms with E-state index in [0.717, 1.165) is 37.7 Å². The highest BCUT2D eigenvalue weighted by Crippen LogP contribution is 2.25. The molecule has 2 aromatic rings. The van der Waals surface area contributed by atoms with Gasteiger partial charge in [-0.25, -0.2) is 15.0 Å². The van der Waals surface area contributed by atoms with Crippen molar-refractivity contribution in [1.82, 2.24) is 19.9 Å². The largest absolute Gasteiger partial charge is 0.492 e. The van der Waals surface area contributed by atoms with Crippen LogP contribution in [0.4, 0.5) is 5.95 Å². The number of rotatable bonds is 3. The summed E-state index contributed by atoms with van der Waals surface area (Å²) in [6.45, 7) is 4.26. The molecule has 110 valence electrons. The van der Waals surface area contributed by atoms with Crippen molar-refractivity contribution in [2.24, 2.45) is 0 Å². The van der Waals surface area contributed by atoms with Crippen molar-refractivity contribution >= 4 is 17.5 Å². The van der Waals surface area contributed by atoms with Crippen LogP contribution in [0.3, 0.4) is 0 Å². The van der Waals surface area contributed by atoms with Gasteiger partial charge in [0, 0.05) is 51.3 Å². The lowest BCUT2D eigenvalue weighted by Gasteiger charge is -2.34. The van der Waals surface area contributed by atoms with Crippen molar-refractivity contribution in [1.29, 1.82) is 0 Å². The zero-order chi connectivity index (χ0) is 14.7. The molecule has 0 saturated carbocycles. The van der Waals surface area contributed by atoms with Gasteiger partial charge in [0.2, 0.25) is 11.8 Å². The molecule has 3 heterocycles. The van der Waals surface area contributed by atoms with Gasteiger partial charge in [-0.2, -0.15) is 0 Å². The minimum absolute atomic E-state index is 0.106. The highest BCUT2D eigenvalue weighted by Gasteiger charge is 2.19. The SMILES string of the molecule is Oc1nccc(CN2CCN(c3ncccn3)CC2)c1Cl. The summed E-state index contributed by atoms with van der Waals surface area (Å²) in [5.41, 5.74) is 0.897. The number of pyridine rings is 1. The summed E-state index contributed by atoms with van der Waals surface area (Å²) in [5.74, 6) is 0.669. The van der Waals surface area contributed by atoms with Crippen molar-refractivity contribution in [2.45, 2.75) is 6.54 Å². The molecule has 1 aliphatic rings. The quantitative estimate of drug-likeness (QED) is 0.928. The maximum atomic E-state index is 9.53. The summed E-state index contributed by atoms with van der Waals surface area (Å²) >= 11 is 6.07. The van der Waals surface area contributed by atoms with E-state index in [4.69, 9.17) is 11.6 Å². The number of anilines is 1. The Labute approximate surface area is 128 Å². The smallest absolute Gasteiger partial charge is 0.230 e. The minimum atomic E-state index is -0.106. The maximum absolute atomic E-state index is 9.53. The first kappa shape index (κ1) is 14.0. The highest BCUT2D eigenvalue weighted by atomic mass is 35.5. The highest BCUT2D eigenvalue weighted by molar-refractivity contribution is 6.32. The number of aromatic hydroxyl groups is 1. The second-order valence-corrected chi connectivity index (χ2v) is 5.30. The predicted molar refractivity (Wildman–Crippen MR) is 80.4 cm³/mol. The molecule has 0 atom stereocenters. The average molecular weight is 306 g/mol. The van der Waals surface area contributed by atoms with Crippen LogP contribution in [0, 0.1) is 0 Å². The molecule has 0 radical (unpaired) electrons. The first-order chi connectivity index (χ1) is 10.2. The number of halogens is 1.